The molecule has 1 aliphatic rings. The molecule has 0 bridgehead atoms. The van der Waals surface area contributed by atoms with Crippen LogP contribution in [0.15, 0.2) is 70.2 Å². The Morgan fingerprint density at radius 1 is 1.17 bits per heavy atom. The third-order valence-electron chi connectivity index (χ3n) is 4.33. The highest BCUT2D eigenvalue weighted by atomic mass is 79.9. The first-order chi connectivity index (χ1) is 14.4. The van der Waals surface area contributed by atoms with Crippen LogP contribution in [0.3, 0.4) is 0 Å². The Bertz CT molecular complexity index is 1170. The van der Waals surface area contributed by atoms with Crippen molar-refractivity contribution in [2.45, 2.75) is 0 Å². The maximum absolute atomic E-state index is 12.7. The number of thiocarbonyl (C=S) groups is 1. The number of aliphatic carboxylic acids is 1. The van der Waals surface area contributed by atoms with E-state index >= 15 is 0 Å². The molecule has 1 fully saturated rings. The van der Waals surface area contributed by atoms with E-state index in [2.05, 4.69) is 15.9 Å². The Morgan fingerprint density at radius 2 is 1.87 bits per heavy atom. The van der Waals surface area contributed by atoms with Crippen molar-refractivity contribution < 1.29 is 14.7 Å². The van der Waals surface area contributed by atoms with Crippen molar-refractivity contribution >= 4 is 62.2 Å². The third kappa shape index (κ3) is 4.23. The van der Waals surface area contributed by atoms with Crippen LogP contribution in [0.2, 0.25) is 0 Å². The number of rotatable bonds is 5. The molecule has 1 amide bonds. The van der Waals surface area contributed by atoms with Crippen molar-refractivity contribution in [3.05, 3.63) is 75.7 Å². The molecule has 2 heterocycles. The summed E-state index contributed by atoms with van der Waals surface area (Å²) in [6.45, 7) is -0.454. The summed E-state index contributed by atoms with van der Waals surface area (Å²) in [6.07, 6.45) is 3.56. The van der Waals surface area contributed by atoms with E-state index in [9.17, 15) is 9.59 Å². The van der Waals surface area contributed by atoms with E-state index in [1.807, 2.05) is 60.8 Å². The molecule has 4 rings (SSSR count). The lowest BCUT2D eigenvalue weighted by atomic mass is 10.1. The highest BCUT2D eigenvalue weighted by Crippen LogP contribution is 2.35. The van der Waals surface area contributed by atoms with Crippen LogP contribution in [0.1, 0.15) is 5.56 Å². The van der Waals surface area contributed by atoms with Crippen LogP contribution >= 0.6 is 39.9 Å². The van der Waals surface area contributed by atoms with Gasteiger partial charge in [0.25, 0.3) is 5.91 Å². The first-order valence-electron chi connectivity index (χ1n) is 8.80. The fraction of sp³-hybridized carbons (Fsp3) is 0.0476. The summed E-state index contributed by atoms with van der Waals surface area (Å²) >= 11 is 9.72. The summed E-state index contributed by atoms with van der Waals surface area (Å²) in [4.78, 5) is 25.2. The zero-order chi connectivity index (χ0) is 21.3. The summed E-state index contributed by atoms with van der Waals surface area (Å²) in [5, 5.41) is 13.8. The molecule has 0 radical (unpaired) electrons. The molecule has 0 unspecified atom stereocenters. The highest BCUT2D eigenvalue weighted by Gasteiger charge is 2.33. The van der Waals surface area contributed by atoms with Crippen LogP contribution in [-0.2, 0) is 9.59 Å². The smallest absolute Gasteiger partial charge is 0.323 e. The standard InChI is InChI=1S/C21H14BrN3O3S2/c22-15-8-6-13(7-9-15)19-14(11-25(23-19)16-4-2-1-3-5-16)10-17-20(28)24(12-18(26)27)21(29)30-17/h1-11H,12H2,(H,26,27)/b17-10-. The second kappa shape index (κ2) is 8.55. The molecule has 0 saturated carbocycles. The van der Waals surface area contributed by atoms with E-state index in [1.165, 1.54) is 0 Å². The number of nitrogens with zero attached hydrogens (tertiary/aromatic N) is 3. The molecule has 1 aromatic heterocycles. The minimum Gasteiger partial charge on any atom is -0.480 e. The Hall–Kier alpha value is -2.75. The van der Waals surface area contributed by atoms with E-state index in [1.54, 1.807) is 10.8 Å². The number of carbonyl (C=O) groups is 2. The summed E-state index contributed by atoms with van der Waals surface area (Å²) in [5.74, 6) is -1.53. The molecular formula is C21H14BrN3O3S2. The first-order valence-corrected chi connectivity index (χ1v) is 10.8. The predicted octanol–water partition coefficient (Wildman–Crippen LogP) is 4.59. The third-order valence-corrected chi connectivity index (χ3v) is 6.24. The van der Waals surface area contributed by atoms with Crippen LogP contribution in [-0.4, -0.2) is 42.5 Å². The number of carbonyl (C=O) groups excluding carboxylic acids is 1. The second-order valence-corrected chi connectivity index (χ2v) is 8.97. The molecule has 2 aromatic carbocycles. The van der Waals surface area contributed by atoms with Crippen molar-refractivity contribution in [2.24, 2.45) is 0 Å². The molecule has 0 aliphatic carbocycles. The van der Waals surface area contributed by atoms with Crippen LogP contribution in [0.4, 0.5) is 0 Å². The fourth-order valence-electron chi connectivity index (χ4n) is 2.95. The van der Waals surface area contributed by atoms with Gasteiger partial charge in [-0.3, -0.25) is 14.5 Å². The van der Waals surface area contributed by atoms with E-state index in [0.717, 1.165) is 37.9 Å². The molecule has 3 aromatic rings. The van der Waals surface area contributed by atoms with Gasteiger partial charge in [0.15, 0.2) is 0 Å². The van der Waals surface area contributed by atoms with Crippen LogP contribution in [0.5, 0.6) is 0 Å². The quantitative estimate of drug-likeness (QED) is 0.408. The van der Waals surface area contributed by atoms with Gasteiger partial charge in [-0.25, -0.2) is 4.68 Å². The molecule has 1 aliphatic heterocycles. The highest BCUT2D eigenvalue weighted by molar-refractivity contribution is 9.10. The van der Waals surface area contributed by atoms with Gasteiger partial charge in [-0.1, -0.05) is 70.2 Å². The average molecular weight is 500 g/mol. The Kier molecular flexibility index (Phi) is 5.85. The number of hydrogen-bond acceptors (Lipinski definition) is 5. The lowest BCUT2D eigenvalue weighted by Gasteiger charge is -2.10. The van der Waals surface area contributed by atoms with Gasteiger partial charge in [0.1, 0.15) is 10.9 Å². The predicted molar refractivity (Wildman–Crippen MR) is 124 cm³/mol. The van der Waals surface area contributed by atoms with Gasteiger partial charge >= 0.3 is 5.97 Å². The Morgan fingerprint density at radius 3 is 2.53 bits per heavy atom. The van der Waals surface area contributed by atoms with Crippen molar-refractivity contribution in [1.29, 1.82) is 0 Å². The second-order valence-electron chi connectivity index (χ2n) is 6.38. The molecule has 1 saturated heterocycles. The van der Waals surface area contributed by atoms with Gasteiger partial charge in [-0.2, -0.15) is 5.10 Å². The van der Waals surface area contributed by atoms with Crippen molar-refractivity contribution in [2.75, 3.05) is 6.54 Å². The number of carboxylic acids is 1. The number of hydrogen-bond donors (Lipinski definition) is 1. The number of aromatic nitrogens is 2. The number of amides is 1. The molecule has 1 N–H and O–H groups in total. The van der Waals surface area contributed by atoms with Gasteiger partial charge in [-0.05, 0) is 30.3 Å². The molecule has 150 valence electrons. The minimum atomic E-state index is -1.11. The lowest BCUT2D eigenvalue weighted by molar-refractivity contribution is -0.140. The monoisotopic (exact) mass is 499 g/mol. The Balaban J connectivity index is 1.78. The minimum absolute atomic E-state index is 0.231. The normalized spacial score (nSPS) is 15.2. The zero-order valence-electron chi connectivity index (χ0n) is 15.4. The number of para-hydroxylation sites is 1. The molecule has 0 spiro atoms. The number of carboxylic acid groups (broad SMARTS) is 1. The van der Waals surface area contributed by atoms with Crippen LogP contribution in [0.25, 0.3) is 23.0 Å². The molecule has 30 heavy (non-hydrogen) atoms. The fourth-order valence-corrected chi connectivity index (χ4v) is 4.46. The van der Waals surface area contributed by atoms with Crippen LogP contribution in [0, 0.1) is 0 Å². The average Bonchev–Trinajstić information content (AvgIpc) is 3.26. The maximum atomic E-state index is 12.7. The SMILES string of the molecule is O=C(O)CN1C(=O)/C(=C/c2cn(-c3ccccc3)nc2-c2ccc(Br)cc2)SC1=S. The van der Waals surface area contributed by atoms with Gasteiger partial charge in [0, 0.05) is 21.8 Å². The summed E-state index contributed by atoms with van der Waals surface area (Å²) in [6, 6.07) is 17.4. The van der Waals surface area contributed by atoms with Crippen molar-refractivity contribution in [3.63, 3.8) is 0 Å². The van der Waals surface area contributed by atoms with Gasteiger partial charge in [-0.15, -0.1) is 0 Å². The van der Waals surface area contributed by atoms with Gasteiger partial charge < -0.3 is 5.11 Å². The number of halogens is 1. The van der Waals surface area contributed by atoms with Gasteiger partial charge in [0.05, 0.1) is 16.3 Å². The van der Waals surface area contributed by atoms with E-state index in [4.69, 9.17) is 22.4 Å². The Labute approximate surface area is 190 Å². The zero-order valence-corrected chi connectivity index (χ0v) is 18.6. The number of benzene rings is 2. The number of thioether (sulfide) groups is 1. The van der Waals surface area contributed by atoms with Gasteiger partial charge in [0.2, 0.25) is 0 Å². The first kappa shape index (κ1) is 20.5. The topological polar surface area (TPSA) is 75.4 Å². The largest absolute Gasteiger partial charge is 0.480 e. The summed E-state index contributed by atoms with van der Waals surface area (Å²) in [5.41, 5.74) is 3.21. The molecule has 9 heteroatoms. The lowest BCUT2D eigenvalue weighted by Crippen LogP contribution is -2.33. The molecule has 6 nitrogen and oxygen atoms in total. The van der Waals surface area contributed by atoms with Crippen molar-refractivity contribution in [1.82, 2.24) is 14.7 Å². The summed E-state index contributed by atoms with van der Waals surface area (Å²) < 4.78 is 2.93. The molecule has 0 atom stereocenters. The summed E-state index contributed by atoms with van der Waals surface area (Å²) in [7, 11) is 0. The van der Waals surface area contributed by atoms with E-state index in [-0.39, 0.29) is 4.32 Å². The van der Waals surface area contributed by atoms with E-state index < -0.39 is 18.4 Å². The van der Waals surface area contributed by atoms with Crippen LogP contribution < -0.4 is 0 Å². The maximum Gasteiger partial charge on any atom is 0.323 e. The van der Waals surface area contributed by atoms with Crippen molar-refractivity contribution in [3.8, 4) is 16.9 Å². The van der Waals surface area contributed by atoms with E-state index in [0.29, 0.717) is 10.6 Å². The molecular weight excluding hydrogens is 486 g/mol.